The standard InChI is InChI=1S/C18H16N2OS/c21-18-14-8-2-4-10-16(14)22-17(18)12-19-20-11-5-7-13-6-1-3-9-15(13)20/h1-4,6,8-10,12,21H,5,7,11H2. The molecule has 0 saturated heterocycles. The van der Waals surface area contributed by atoms with Gasteiger partial charge in [-0.1, -0.05) is 30.3 Å². The average molecular weight is 308 g/mol. The lowest BCUT2D eigenvalue weighted by atomic mass is 10.0. The number of fused-ring (bicyclic) bond motifs is 2. The van der Waals surface area contributed by atoms with Crippen LogP contribution in [-0.4, -0.2) is 17.9 Å². The molecule has 4 rings (SSSR count). The number of benzene rings is 2. The second-order valence-corrected chi connectivity index (χ2v) is 6.49. The smallest absolute Gasteiger partial charge is 0.143 e. The molecule has 0 fully saturated rings. The van der Waals surface area contributed by atoms with Crippen molar-refractivity contribution < 1.29 is 5.11 Å². The van der Waals surface area contributed by atoms with E-state index in [1.165, 1.54) is 11.3 Å². The van der Waals surface area contributed by atoms with Crippen molar-refractivity contribution in [2.45, 2.75) is 12.8 Å². The first kappa shape index (κ1) is 13.3. The minimum Gasteiger partial charge on any atom is -0.506 e. The summed E-state index contributed by atoms with van der Waals surface area (Å²) >= 11 is 1.57. The molecule has 0 amide bonds. The van der Waals surface area contributed by atoms with Crippen molar-refractivity contribution in [3.63, 3.8) is 0 Å². The molecule has 4 heteroatoms. The highest BCUT2D eigenvalue weighted by atomic mass is 32.1. The highest BCUT2D eigenvalue weighted by molar-refractivity contribution is 7.21. The van der Waals surface area contributed by atoms with Crippen LogP contribution in [0.25, 0.3) is 10.1 Å². The predicted molar refractivity (Wildman–Crippen MR) is 93.2 cm³/mol. The van der Waals surface area contributed by atoms with Gasteiger partial charge in [0.05, 0.1) is 16.8 Å². The molecule has 1 N–H and O–H groups in total. The Morgan fingerprint density at radius 3 is 2.82 bits per heavy atom. The first-order chi connectivity index (χ1) is 10.8. The number of hydrazone groups is 1. The third-order valence-corrected chi connectivity index (χ3v) is 5.09. The van der Waals surface area contributed by atoms with Gasteiger partial charge in [-0.15, -0.1) is 11.3 Å². The van der Waals surface area contributed by atoms with E-state index in [2.05, 4.69) is 23.3 Å². The van der Waals surface area contributed by atoms with Crippen molar-refractivity contribution in [1.29, 1.82) is 0 Å². The summed E-state index contributed by atoms with van der Waals surface area (Å²) in [6.45, 7) is 0.916. The zero-order chi connectivity index (χ0) is 14.9. The van der Waals surface area contributed by atoms with Gasteiger partial charge in [-0.3, -0.25) is 5.01 Å². The van der Waals surface area contributed by atoms with Crippen LogP contribution in [0.5, 0.6) is 5.75 Å². The highest BCUT2D eigenvalue weighted by Crippen LogP contribution is 2.35. The molecule has 110 valence electrons. The Hall–Kier alpha value is -2.33. The molecule has 2 aromatic carbocycles. The molecule has 0 bridgehead atoms. The number of thiophene rings is 1. The van der Waals surface area contributed by atoms with Crippen LogP contribution in [0.1, 0.15) is 16.9 Å². The molecule has 0 spiro atoms. The lowest BCUT2D eigenvalue weighted by molar-refractivity contribution is 0.483. The van der Waals surface area contributed by atoms with Gasteiger partial charge in [-0.2, -0.15) is 5.10 Å². The summed E-state index contributed by atoms with van der Waals surface area (Å²) in [5.74, 6) is 0.328. The van der Waals surface area contributed by atoms with Crippen LogP contribution in [0.2, 0.25) is 0 Å². The number of hydrogen-bond donors (Lipinski definition) is 1. The van der Waals surface area contributed by atoms with E-state index >= 15 is 0 Å². The first-order valence-electron chi connectivity index (χ1n) is 7.43. The number of para-hydroxylation sites is 1. The summed E-state index contributed by atoms with van der Waals surface area (Å²) in [5.41, 5.74) is 2.51. The first-order valence-corrected chi connectivity index (χ1v) is 8.24. The molecule has 1 aliphatic heterocycles. The minimum absolute atomic E-state index is 0.328. The fraction of sp³-hybridized carbons (Fsp3) is 0.167. The van der Waals surface area contributed by atoms with Gasteiger partial charge in [0, 0.05) is 16.6 Å². The molecule has 0 radical (unpaired) electrons. The van der Waals surface area contributed by atoms with Crippen LogP contribution in [-0.2, 0) is 6.42 Å². The molecule has 3 nitrogen and oxygen atoms in total. The summed E-state index contributed by atoms with van der Waals surface area (Å²) in [5, 5.41) is 17.9. The van der Waals surface area contributed by atoms with Crippen molar-refractivity contribution in [3.8, 4) is 5.75 Å². The van der Waals surface area contributed by atoms with Crippen molar-refractivity contribution in [3.05, 3.63) is 59.0 Å². The lowest BCUT2D eigenvalue weighted by Gasteiger charge is -2.26. The molecule has 0 unspecified atom stereocenters. The Balaban J connectivity index is 1.68. The summed E-state index contributed by atoms with van der Waals surface area (Å²) in [4.78, 5) is 0.809. The van der Waals surface area contributed by atoms with Crippen molar-refractivity contribution in [1.82, 2.24) is 0 Å². The number of hydrogen-bond acceptors (Lipinski definition) is 4. The second kappa shape index (κ2) is 5.46. The van der Waals surface area contributed by atoms with Crippen LogP contribution in [0.4, 0.5) is 5.69 Å². The van der Waals surface area contributed by atoms with E-state index in [1.54, 1.807) is 17.6 Å². The minimum atomic E-state index is 0.328. The molecular weight excluding hydrogens is 292 g/mol. The number of aryl methyl sites for hydroxylation is 1. The zero-order valence-corrected chi connectivity index (χ0v) is 12.9. The maximum absolute atomic E-state index is 10.3. The van der Waals surface area contributed by atoms with E-state index in [4.69, 9.17) is 0 Å². The third-order valence-electron chi connectivity index (χ3n) is 4.00. The second-order valence-electron chi connectivity index (χ2n) is 5.41. The maximum atomic E-state index is 10.3. The van der Waals surface area contributed by atoms with Gasteiger partial charge in [0.1, 0.15) is 5.75 Å². The van der Waals surface area contributed by atoms with Gasteiger partial charge in [-0.05, 0) is 36.6 Å². The molecule has 1 aromatic heterocycles. The Labute approximate surface area is 133 Å². The normalized spacial score (nSPS) is 14.6. The predicted octanol–water partition coefficient (Wildman–Crippen LogP) is 4.39. The van der Waals surface area contributed by atoms with Crippen molar-refractivity contribution in [2.75, 3.05) is 11.6 Å². The Morgan fingerprint density at radius 1 is 1.09 bits per heavy atom. The van der Waals surface area contributed by atoms with Crippen LogP contribution in [0.3, 0.4) is 0 Å². The molecule has 2 heterocycles. The molecule has 3 aromatic rings. The highest BCUT2D eigenvalue weighted by Gasteiger charge is 2.15. The fourth-order valence-electron chi connectivity index (χ4n) is 2.89. The SMILES string of the molecule is Oc1c(C=NN2CCCc3ccccc32)sc2ccccc12. The summed E-state index contributed by atoms with van der Waals surface area (Å²) in [6.07, 6.45) is 3.99. The Kier molecular flexibility index (Phi) is 3.31. The van der Waals surface area contributed by atoms with Gasteiger partial charge >= 0.3 is 0 Å². The van der Waals surface area contributed by atoms with E-state index in [0.717, 1.165) is 34.3 Å². The van der Waals surface area contributed by atoms with Crippen molar-refractivity contribution >= 4 is 33.3 Å². The monoisotopic (exact) mass is 308 g/mol. The van der Waals surface area contributed by atoms with E-state index in [9.17, 15) is 5.11 Å². The molecular formula is C18H16N2OS. The van der Waals surface area contributed by atoms with Gasteiger partial charge in [0.25, 0.3) is 0 Å². The topological polar surface area (TPSA) is 35.8 Å². The number of aromatic hydroxyl groups is 1. The molecule has 22 heavy (non-hydrogen) atoms. The quantitative estimate of drug-likeness (QED) is 0.713. The van der Waals surface area contributed by atoms with Crippen LogP contribution >= 0.6 is 11.3 Å². The summed E-state index contributed by atoms with van der Waals surface area (Å²) < 4.78 is 1.08. The van der Waals surface area contributed by atoms with E-state index in [1.807, 2.05) is 35.3 Å². The van der Waals surface area contributed by atoms with E-state index in [-0.39, 0.29) is 0 Å². The van der Waals surface area contributed by atoms with Gasteiger partial charge < -0.3 is 5.11 Å². The molecule has 0 atom stereocenters. The zero-order valence-electron chi connectivity index (χ0n) is 12.1. The molecule has 1 aliphatic rings. The number of nitrogens with zero attached hydrogens (tertiary/aromatic N) is 2. The molecule has 0 saturated carbocycles. The Morgan fingerprint density at radius 2 is 1.91 bits per heavy atom. The van der Waals surface area contributed by atoms with Gasteiger partial charge in [0.15, 0.2) is 0 Å². The van der Waals surface area contributed by atoms with E-state index < -0.39 is 0 Å². The van der Waals surface area contributed by atoms with Gasteiger partial charge in [-0.25, -0.2) is 0 Å². The van der Waals surface area contributed by atoms with Crippen LogP contribution in [0, 0.1) is 0 Å². The third kappa shape index (κ3) is 2.25. The van der Waals surface area contributed by atoms with Crippen molar-refractivity contribution in [2.24, 2.45) is 5.10 Å². The van der Waals surface area contributed by atoms with E-state index in [0.29, 0.717) is 5.75 Å². The average Bonchev–Trinajstić information content (AvgIpc) is 2.89. The summed E-state index contributed by atoms with van der Waals surface area (Å²) in [7, 11) is 0. The molecule has 0 aliphatic carbocycles. The maximum Gasteiger partial charge on any atom is 0.143 e. The number of rotatable bonds is 2. The number of anilines is 1. The van der Waals surface area contributed by atoms with Gasteiger partial charge in [0.2, 0.25) is 0 Å². The fourth-order valence-corrected chi connectivity index (χ4v) is 3.86. The summed E-state index contributed by atoms with van der Waals surface area (Å²) in [6, 6.07) is 16.3. The Bertz CT molecular complexity index is 853. The lowest BCUT2D eigenvalue weighted by Crippen LogP contribution is -2.23. The van der Waals surface area contributed by atoms with Crippen LogP contribution < -0.4 is 5.01 Å². The van der Waals surface area contributed by atoms with Crippen LogP contribution in [0.15, 0.2) is 53.6 Å². The largest absolute Gasteiger partial charge is 0.506 e.